The first-order valence-electron chi connectivity index (χ1n) is 5.11. The van der Waals surface area contributed by atoms with Gasteiger partial charge in [-0.1, -0.05) is 11.6 Å². The lowest BCUT2D eigenvalue weighted by atomic mass is 10.2. The zero-order chi connectivity index (χ0) is 14.4. The molecule has 0 heterocycles. The van der Waals surface area contributed by atoms with Crippen LogP contribution in [0.3, 0.4) is 0 Å². The van der Waals surface area contributed by atoms with Crippen LogP contribution < -0.4 is 15.4 Å². The topological polar surface area (TPSA) is 105 Å². The van der Waals surface area contributed by atoms with Crippen LogP contribution in [0.5, 0.6) is 5.75 Å². The molecule has 0 aliphatic heterocycles. The average Bonchev–Trinajstić information content (AvgIpc) is 2.37. The molecule has 0 radical (unpaired) electrons. The van der Waals surface area contributed by atoms with E-state index in [0.29, 0.717) is 0 Å². The van der Waals surface area contributed by atoms with Crippen LogP contribution in [0.25, 0.3) is 0 Å². The number of hydrogen-bond acceptors (Lipinski definition) is 4. The van der Waals surface area contributed by atoms with E-state index in [1.807, 2.05) is 5.32 Å². The average molecular weight is 287 g/mol. The van der Waals surface area contributed by atoms with Crippen molar-refractivity contribution in [3.8, 4) is 5.75 Å². The van der Waals surface area contributed by atoms with Gasteiger partial charge in [0.2, 0.25) is 0 Å². The van der Waals surface area contributed by atoms with Crippen molar-refractivity contribution in [2.24, 2.45) is 0 Å². The molecule has 19 heavy (non-hydrogen) atoms. The van der Waals surface area contributed by atoms with Gasteiger partial charge in [-0.25, -0.2) is 9.59 Å². The molecule has 102 valence electrons. The third-order valence-corrected chi connectivity index (χ3v) is 2.35. The minimum Gasteiger partial charge on any atom is -0.484 e. The van der Waals surface area contributed by atoms with Crippen molar-refractivity contribution in [1.29, 1.82) is 0 Å². The zero-order valence-electron chi connectivity index (χ0n) is 9.90. The third-order valence-electron chi connectivity index (χ3n) is 2.02. The number of carbonyl (C=O) groups is 3. The van der Waals surface area contributed by atoms with Crippen LogP contribution in [0, 0.1) is 0 Å². The predicted octanol–water partition coefficient (Wildman–Crippen LogP) is 0.873. The summed E-state index contributed by atoms with van der Waals surface area (Å²) in [4.78, 5) is 32.9. The van der Waals surface area contributed by atoms with Crippen LogP contribution in [-0.4, -0.2) is 36.7 Å². The molecule has 0 spiro atoms. The summed E-state index contributed by atoms with van der Waals surface area (Å²) in [7, 11) is 1.36. The van der Waals surface area contributed by atoms with Crippen LogP contribution >= 0.6 is 11.6 Å². The van der Waals surface area contributed by atoms with Gasteiger partial charge in [-0.2, -0.15) is 0 Å². The number of benzene rings is 1. The molecule has 0 saturated heterocycles. The molecular weight excluding hydrogens is 276 g/mol. The highest BCUT2D eigenvalue weighted by molar-refractivity contribution is 6.33. The highest BCUT2D eigenvalue weighted by atomic mass is 35.5. The predicted molar refractivity (Wildman–Crippen MR) is 66.5 cm³/mol. The molecule has 0 bridgehead atoms. The van der Waals surface area contributed by atoms with Gasteiger partial charge in [-0.05, 0) is 18.2 Å². The zero-order valence-corrected chi connectivity index (χ0v) is 10.7. The fraction of sp³-hybridized carbons (Fsp3) is 0.182. The van der Waals surface area contributed by atoms with E-state index in [1.54, 1.807) is 0 Å². The summed E-state index contributed by atoms with van der Waals surface area (Å²) in [5.41, 5.74) is -0.133. The number of carboxylic acid groups (broad SMARTS) is 1. The number of nitrogens with one attached hydrogen (secondary N) is 2. The Bertz CT molecular complexity index is 518. The molecule has 1 aromatic carbocycles. The summed E-state index contributed by atoms with van der Waals surface area (Å²) in [6.07, 6.45) is 0. The minimum absolute atomic E-state index is 0.0645. The Labute approximate surface area is 113 Å². The van der Waals surface area contributed by atoms with Crippen LogP contribution in [-0.2, 0) is 4.79 Å². The molecule has 0 aliphatic carbocycles. The number of ether oxygens (including phenoxy) is 1. The van der Waals surface area contributed by atoms with Crippen molar-refractivity contribution >= 4 is 29.5 Å². The number of aromatic carboxylic acids is 1. The van der Waals surface area contributed by atoms with E-state index in [9.17, 15) is 14.4 Å². The largest absolute Gasteiger partial charge is 0.484 e. The molecule has 0 saturated carbocycles. The quantitative estimate of drug-likeness (QED) is 0.762. The monoisotopic (exact) mass is 286 g/mol. The Hall–Kier alpha value is -2.28. The molecule has 0 unspecified atom stereocenters. The number of imide groups is 1. The normalized spacial score (nSPS) is 9.58. The SMILES string of the molecule is CNC(=O)NC(=O)COc1ccc(Cl)c(C(=O)O)c1. The highest BCUT2D eigenvalue weighted by Crippen LogP contribution is 2.21. The van der Waals surface area contributed by atoms with E-state index >= 15 is 0 Å². The molecule has 7 nitrogen and oxygen atoms in total. The Morgan fingerprint density at radius 3 is 2.63 bits per heavy atom. The van der Waals surface area contributed by atoms with Gasteiger partial charge < -0.3 is 15.2 Å². The van der Waals surface area contributed by atoms with Crippen molar-refractivity contribution in [3.63, 3.8) is 0 Å². The molecule has 3 N–H and O–H groups in total. The van der Waals surface area contributed by atoms with Gasteiger partial charge in [0.1, 0.15) is 5.75 Å². The molecule has 3 amide bonds. The summed E-state index contributed by atoms with van der Waals surface area (Å²) in [5, 5.41) is 13.1. The standard InChI is InChI=1S/C11H11ClN2O5/c1-13-11(18)14-9(15)5-19-6-2-3-8(12)7(4-6)10(16)17/h2-4H,5H2,1H3,(H,16,17)(H2,13,14,15,18). The van der Waals surface area contributed by atoms with E-state index in [4.69, 9.17) is 21.4 Å². The molecular formula is C11H11ClN2O5. The van der Waals surface area contributed by atoms with Crippen molar-refractivity contribution in [3.05, 3.63) is 28.8 Å². The first-order valence-corrected chi connectivity index (χ1v) is 5.49. The number of amides is 3. The van der Waals surface area contributed by atoms with E-state index in [1.165, 1.54) is 25.2 Å². The smallest absolute Gasteiger partial charge is 0.337 e. The Balaban J connectivity index is 2.63. The van der Waals surface area contributed by atoms with E-state index in [0.717, 1.165) is 0 Å². The van der Waals surface area contributed by atoms with Gasteiger partial charge in [0, 0.05) is 7.05 Å². The summed E-state index contributed by atoms with van der Waals surface area (Å²) in [6, 6.07) is 3.30. The van der Waals surface area contributed by atoms with Crippen LogP contribution in [0.4, 0.5) is 4.79 Å². The molecule has 0 atom stereocenters. The molecule has 0 fully saturated rings. The summed E-state index contributed by atoms with van der Waals surface area (Å²) in [6.45, 7) is -0.423. The minimum atomic E-state index is -1.20. The first-order chi connectivity index (χ1) is 8.93. The van der Waals surface area contributed by atoms with Gasteiger partial charge in [0.25, 0.3) is 5.91 Å². The third kappa shape index (κ3) is 4.47. The van der Waals surface area contributed by atoms with Crippen LogP contribution in [0.15, 0.2) is 18.2 Å². The summed E-state index contributed by atoms with van der Waals surface area (Å²) in [5.74, 6) is -1.70. The molecule has 0 aliphatic rings. The Kier molecular flexibility index (Phi) is 5.13. The lowest BCUT2D eigenvalue weighted by Gasteiger charge is -2.07. The number of rotatable bonds is 4. The lowest BCUT2D eigenvalue weighted by molar-refractivity contribution is -0.122. The van der Waals surface area contributed by atoms with Gasteiger partial charge in [0.15, 0.2) is 6.61 Å². The number of urea groups is 1. The number of carboxylic acids is 1. The summed E-state index contributed by atoms with van der Waals surface area (Å²) < 4.78 is 5.04. The van der Waals surface area contributed by atoms with E-state index in [-0.39, 0.29) is 16.3 Å². The highest BCUT2D eigenvalue weighted by Gasteiger charge is 2.11. The summed E-state index contributed by atoms with van der Waals surface area (Å²) >= 11 is 5.67. The second-order valence-electron chi connectivity index (χ2n) is 3.36. The van der Waals surface area contributed by atoms with Gasteiger partial charge in [-0.3, -0.25) is 10.1 Å². The number of halogens is 1. The first kappa shape index (κ1) is 14.8. The fourth-order valence-corrected chi connectivity index (χ4v) is 1.33. The van der Waals surface area contributed by atoms with Crippen LogP contribution in [0.1, 0.15) is 10.4 Å². The number of carbonyl (C=O) groups excluding carboxylic acids is 2. The molecule has 1 rings (SSSR count). The van der Waals surface area contributed by atoms with Crippen molar-refractivity contribution in [2.45, 2.75) is 0 Å². The maximum absolute atomic E-state index is 11.2. The number of hydrogen-bond donors (Lipinski definition) is 3. The van der Waals surface area contributed by atoms with Gasteiger partial charge in [-0.15, -0.1) is 0 Å². The maximum Gasteiger partial charge on any atom is 0.337 e. The van der Waals surface area contributed by atoms with Crippen LogP contribution in [0.2, 0.25) is 5.02 Å². The Morgan fingerprint density at radius 1 is 1.37 bits per heavy atom. The van der Waals surface area contributed by atoms with Crippen molar-refractivity contribution < 1.29 is 24.2 Å². The van der Waals surface area contributed by atoms with E-state index < -0.39 is 24.5 Å². The second kappa shape index (κ2) is 6.60. The van der Waals surface area contributed by atoms with Crippen molar-refractivity contribution in [1.82, 2.24) is 10.6 Å². The molecule has 0 aromatic heterocycles. The van der Waals surface area contributed by atoms with Gasteiger partial charge >= 0.3 is 12.0 Å². The Morgan fingerprint density at radius 2 is 2.05 bits per heavy atom. The molecule has 1 aromatic rings. The maximum atomic E-state index is 11.2. The second-order valence-corrected chi connectivity index (χ2v) is 3.77. The van der Waals surface area contributed by atoms with E-state index in [2.05, 4.69) is 5.32 Å². The van der Waals surface area contributed by atoms with Crippen molar-refractivity contribution in [2.75, 3.05) is 13.7 Å². The lowest BCUT2D eigenvalue weighted by Crippen LogP contribution is -2.39. The molecule has 8 heteroatoms. The fourth-order valence-electron chi connectivity index (χ4n) is 1.13. The van der Waals surface area contributed by atoms with Gasteiger partial charge in [0.05, 0.1) is 10.6 Å².